The summed E-state index contributed by atoms with van der Waals surface area (Å²) >= 11 is 0. The van der Waals surface area contributed by atoms with Crippen LogP contribution in [-0.4, -0.2) is 244 Å². The van der Waals surface area contributed by atoms with Gasteiger partial charge in [-0.2, -0.15) is 0 Å². The van der Waals surface area contributed by atoms with Crippen LogP contribution in [-0.2, 0) is 52.3 Å². The summed E-state index contributed by atoms with van der Waals surface area (Å²) in [6, 6.07) is -3.38. The smallest absolute Gasteiger partial charge is 1.00 e. The van der Waals surface area contributed by atoms with E-state index in [0.717, 1.165) is 20.3 Å². The van der Waals surface area contributed by atoms with Gasteiger partial charge in [0.1, 0.15) is 85.3 Å². The van der Waals surface area contributed by atoms with Crippen molar-refractivity contribution in [1.29, 1.82) is 0 Å². The summed E-state index contributed by atoms with van der Waals surface area (Å²) in [5.41, 5.74) is 0. The van der Waals surface area contributed by atoms with Gasteiger partial charge in [-0.1, -0.05) is 13.3 Å². The Labute approximate surface area is 370 Å². The topological polar surface area (TPSA) is 440 Å². The molecule has 61 heavy (non-hydrogen) atoms. The zero-order chi connectivity index (χ0) is 45.3. The van der Waals surface area contributed by atoms with Gasteiger partial charge in [0.15, 0.2) is 37.4 Å². The predicted octanol–water partition coefficient (Wildman–Crippen LogP) is -12.0. The summed E-state index contributed by atoms with van der Waals surface area (Å²) in [6.45, 7) is 1.98. The van der Waals surface area contributed by atoms with Crippen molar-refractivity contribution < 1.29 is 155 Å². The van der Waals surface area contributed by atoms with Gasteiger partial charge in [0.2, 0.25) is 11.8 Å². The fourth-order valence-corrected chi connectivity index (χ4v) is 6.72. The van der Waals surface area contributed by atoms with Crippen LogP contribution in [0.25, 0.3) is 0 Å². The molecule has 28 heteroatoms. The molecular formula is C33H57N2NaO25. The number of aliphatic hydroxyl groups excluding tert-OH is 12. The van der Waals surface area contributed by atoms with Crippen molar-refractivity contribution in [3.05, 3.63) is 0 Å². The normalized spacial score (nSPS) is 41.8. The summed E-state index contributed by atoms with van der Waals surface area (Å²) in [7, 11) is 0. The van der Waals surface area contributed by atoms with Crippen LogP contribution in [0, 0.1) is 0 Å². The molecule has 27 nitrogen and oxygen atoms in total. The number of carboxylic acid groups (broad SMARTS) is 2. The predicted molar refractivity (Wildman–Crippen MR) is 187 cm³/mol. The van der Waals surface area contributed by atoms with Crippen LogP contribution in [0.15, 0.2) is 0 Å². The molecule has 1 unspecified atom stereocenters. The first kappa shape index (κ1) is 55.3. The number of nitrogens with one attached hydrogen (secondary N) is 2. The molecule has 0 aliphatic carbocycles. The first-order valence-corrected chi connectivity index (χ1v) is 18.7. The Hall–Kier alpha value is -1.88. The third-order valence-corrected chi connectivity index (χ3v) is 9.77. The molecule has 16 N–H and O–H groups in total. The molecule has 4 saturated heterocycles. The molecule has 0 spiro atoms. The molecule has 0 saturated carbocycles. The largest absolute Gasteiger partial charge is 1.00 e. The summed E-state index contributed by atoms with van der Waals surface area (Å²) in [6.07, 6.45) is -35.4. The monoisotopic (exact) mass is 904 g/mol. The van der Waals surface area contributed by atoms with Crippen molar-refractivity contribution in [2.45, 2.75) is 162 Å². The van der Waals surface area contributed by atoms with Gasteiger partial charge in [-0.25, -0.2) is 9.59 Å². The molecule has 4 heterocycles. The van der Waals surface area contributed by atoms with Crippen LogP contribution in [0.3, 0.4) is 0 Å². The minimum atomic E-state index is -2.30. The van der Waals surface area contributed by atoms with Gasteiger partial charge in [-0.3, -0.25) is 9.59 Å². The molecule has 4 aliphatic rings. The molecule has 4 fully saturated rings. The van der Waals surface area contributed by atoms with Crippen molar-refractivity contribution in [2.75, 3.05) is 19.8 Å². The summed E-state index contributed by atoms with van der Waals surface area (Å²) in [5, 5.41) is 146. The second kappa shape index (κ2) is 25.0. The van der Waals surface area contributed by atoms with Gasteiger partial charge in [0, 0.05) is 13.8 Å². The van der Waals surface area contributed by atoms with Gasteiger partial charge < -0.3 is 117 Å². The van der Waals surface area contributed by atoms with E-state index in [1.165, 1.54) is 0 Å². The van der Waals surface area contributed by atoms with E-state index in [1.807, 2.05) is 6.92 Å². The van der Waals surface area contributed by atoms with Crippen LogP contribution in [0.2, 0.25) is 0 Å². The van der Waals surface area contributed by atoms with E-state index in [-0.39, 0.29) is 37.6 Å². The maximum Gasteiger partial charge on any atom is 1.00 e. The Kier molecular flexibility index (Phi) is 22.6. The number of rotatable bonds is 15. The number of hydrogen-bond donors (Lipinski definition) is 16. The van der Waals surface area contributed by atoms with E-state index in [0.29, 0.717) is 6.42 Å². The van der Waals surface area contributed by atoms with Gasteiger partial charge >= 0.3 is 41.5 Å². The number of hydrogen-bond acceptors (Lipinski definition) is 23. The van der Waals surface area contributed by atoms with E-state index in [2.05, 4.69) is 10.6 Å². The minimum absolute atomic E-state index is 0. The molecule has 350 valence electrons. The molecule has 0 radical (unpaired) electrons. The number of aliphatic carboxylic acids is 2. The zero-order valence-electron chi connectivity index (χ0n) is 34.4. The maximum atomic E-state index is 12.5. The second-order valence-corrected chi connectivity index (χ2v) is 14.3. The van der Waals surface area contributed by atoms with Crippen LogP contribution in [0.1, 0.15) is 35.0 Å². The first-order valence-electron chi connectivity index (χ1n) is 18.7. The summed E-state index contributed by atoms with van der Waals surface area (Å²) < 4.78 is 38.0. The Morgan fingerprint density at radius 3 is 1.48 bits per heavy atom. The van der Waals surface area contributed by atoms with E-state index in [9.17, 15) is 80.5 Å². The third kappa shape index (κ3) is 13.8. The van der Waals surface area contributed by atoms with Crippen LogP contribution < -0.4 is 40.2 Å². The van der Waals surface area contributed by atoms with Crippen molar-refractivity contribution in [3.63, 3.8) is 0 Å². The van der Waals surface area contributed by atoms with Gasteiger partial charge in [0.25, 0.3) is 0 Å². The average molecular weight is 905 g/mol. The Bertz CT molecular complexity index is 1410. The number of ether oxygens (including phenoxy) is 7. The van der Waals surface area contributed by atoms with Crippen molar-refractivity contribution in [3.8, 4) is 0 Å². The van der Waals surface area contributed by atoms with Gasteiger partial charge in [-0.15, -0.1) is 0 Å². The number of amides is 2. The van der Waals surface area contributed by atoms with Crippen molar-refractivity contribution in [1.82, 2.24) is 10.6 Å². The van der Waals surface area contributed by atoms with Crippen LogP contribution in [0.5, 0.6) is 0 Å². The first-order chi connectivity index (χ1) is 28.1. The molecule has 4 aliphatic heterocycles. The van der Waals surface area contributed by atoms with Crippen molar-refractivity contribution in [2.24, 2.45) is 0 Å². The Morgan fingerprint density at radius 2 is 1.03 bits per heavy atom. The fourth-order valence-electron chi connectivity index (χ4n) is 6.72. The molecule has 2 amide bonds. The minimum Gasteiger partial charge on any atom is -1.00 e. The molecule has 0 aromatic rings. The molecule has 21 atom stereocenters. The fraction of sp³-hybridized carbons (Fsp3) is 0.879. The molecule has 0 aromatic carbocycles. The second-order valence-electron chi connectivity index (χ2n) is 14.3. The third-order valence-electron chi connectivity index (χ3n) is 9.77. The standard InChI is InChI=1S/C28H44N2O23.C5H12O2.Na.H/c1-5(33)29-9-18(11(35)7(3-31)47-25(9)46)49-28-17(41)15(39)20(22(53-28)24(44)45)51-26-10(30-6(2)34)19(12(36)8(4-32)48-26)50-27-16(40)13(37)14(38)21(52-27)23(42)43;1-2-3-5(7)4-6;;/h7-22,25-28,31-32,35-41,46H,3-4H2,1-2H3,(H,29,33)(H,30,34)(H,42,43)(H,44,45);5-7H,2-4H2,1H3;;/q;;+1;-1/t7-,8-,9-,10-,11-,12-,13+,14+,15-,16-,17-,18-,19-,20+,21+,22+,25-,26+,27-,28-;;;/m1.../s1. The summed E-state index contributed by atoms with van der Waals surface area (Å²) in [5.74, 6) is -5.28. The Balaban J connectivity index is 0.00000196. The zero-order valence-corrected chi connectivity index (χ0v) is 35.4. The number of carbonyl (C=O) groups excluding carboxylic acids is 2. The summed E-state index contributed by atoms with van der Waals surface area (Å²) in [4.78, 5) is 48.2. The Morgan fingerprint density at radius 1 is 0.590 bits per heavy atom. The molecule has 0 bridgehead atoms. The molecule has 0 aromatic heterocycles. The molecular weight excluding hydrogens is 847 g/mol. The maximum absolute atomic E-state index is 12.5. The number of carboxylic acids is 2. The van der Waals surface area contributed by atoms with E-state index >= 15 is 0 Å². The van der Waals surface area contributed by atoms with Crippen molar-refractivity contribution >= 4 is 23.8 Å². The quantitative estimate of drug-likeness (QED) is 0.0678. The van der Waals surface area contributed by atoms with Gasteiger partial charge in [-0.05, 0) is 6.42 Å². The number of aliphatic hydroxyl groups is 12. The SMILES string of the molecule is CC(=O)N[C@@H]1[C@@H](O[C@@H]2O[C@H](C(=O)O)[C@@H](O[C@@H]3O[C@H](CO)[C@@H](O)[C@H](O[C@@H]4O[C@H](C(=O)O)[C@@H](O)[C@H](O)[C@H]4O)[C@H]3NC(C)=O)[C@H](O)[C@H]2O)[C@H](O)[C@@H](CO)O[C@H]1O.CCCC(O)CO.[H-].[Na+]. The van der Waals surface area contributed by atoms with Gasteiger partial charge in [0.05, 0.1) is 25.9 Å². The van der Waals surface area contributed by atoms with Crippen LogP contribution >= 0.6 is 0 Å². The van der Waals surface area contributed by atoms with E-state index in [1.54, 1.807) is 0 Å². The molecule has 4 rings (SSSR count). The number of carbonyl (C=O) groups is 4. The van der Waals surface area contributed by atoms with Crippen LogP contribution in [0.4, 0.5) is 0 Å². The van der Waals surface area contributed by atoms with E-state index in [4.69, 9.17) is 43.4 Å². The van der Waals surface area contributed by atoms with E-state index < -0.39 is 166 Å². The average Bonchev–Trinajstić information content (AvgIpc) is 3.18.